The minimum Gasteiger partial charge on any atom is -0.488 e. The van der Waals surface area contributed by atoms with Crippen LogP contribution in [0.4, 0.5) is 4.39 Å². The summed E-state index contributed by atoms with van der Waals surface area (Å²) in [6.45, 7) is 1.72. The van der Waals surface area contributed by atoms with Gasteiger partial charge >= 0.3 is 0 Å². The third kappa shape index (κ3) is 5.03. The van der Waals surface area contributed by atoms with E-state index in [0.29, 0.717) is 12.1 Å². The van der Waals surface area contributed by atoms with Gasteiger partial charge in [0.1, 0.15) is 18.2 Å². The number of ether oxygens (including phenoxy) is 1. The van der Waals surface area contributed by atoms with E-state index >= 15 is 0 Å². The lowest BCUT2D eigenvalue weighted by atomic mass is 10.0. The molecule has 0 amide bonds. The highest BCUT2D eigenvalue weighted by Crippen LogP contribution is 2.29. The average Bonchev–Trinajstić information content (AvgIpc) is 3.25. The molecule has 0 aliphatic heterocycles. The van der Waals surface area contributed by atoms with E-state index in [1.54, 1.807) is 12.1 Å². The number of fused-ring (bicyclic) bond motifs is 2. The third-order valence-corrected chi connectivity index (χ3v) is 5.89. The number of hydrogen-bond donors (Lipinski definition) is 2. The SMILES string of the molecule is Cl.Fc1ccccc1COc1ccc2ccccc2c1CNCCc1c[nH]c2ccccc12. The lowest BCUT2D eigenvalue weighted by molar-refractivity contribution is 0.296. The molecule has 4 aromatic carbocycles. The van der Waals surface area contributed by atoms with Crippen molar-refractivity contribution in [2.75, 3.05) is 6.54 Å². The van der Waals surface area contributed by atoms with Gasteiger partial charge in [-0.15, -0.1) is 12.4 Å². The van der Waals surface area contributed by atoms with E-state index in [-0.39, 0.29) is 24.8 Å². The van der Waals surface area contributed by atoms with Crippen LogP contribution in [-0.4, -0.2) is 11.5 Å². The van der Waals surface area contributed by atoms with Gasteiger partial charge in [-0.05, 0) is 47.5 Å². The number of rotatable bonds is 8. The Morgan fingerprint density at radius 3 is 2.42 bits per heavy atom. The number of H-pyrrole nitrogens is 1. The number of nitrogens with one attached hydrogen (secondary N) is 2. The summed E-state index contributed by atoms with van der Waals surface area (Å²) in [7, 11) is 0. The summed E-state index contributed by atoms with van der Waals surface area (Å²) in [6.07, 6.45) is 3.02. The number of aromatic nitrogens is 1. The largest absolute Gasteiger partial charge is 0.488 e. The number of halogens is 2. The fraction of sp³-hybridized carbons (Fsp3) is 0.143. The maximum Gasteiger partial charge on any atom is 0.129 e. The van der Waals surface area contributed by atoms with E-state index in [4.69, 9.17) is 4.74 Å². The van der Waals surface area contributed by atoms with Gasteiger partial charge in [-0.2, -0.15) is 0 Å². The van der Waals surface area contributed by atoms with E-state index in [9.17, 15) is 4.39 Å². The van der Waals surface area contributed by atoms with Crippen LogP contribution in [0.5, 0.6) is 5.75 Å². The van der Waals surface area contributed by atoms with Gasteiger partial charge in [-0.25, -0.2) is 4.39 Å². The highest BCUT2D eigenvalue weighted by atomic mass is 35.5. The fourth-order valence-corrected chi connectivity index (χ4v) is 4.18. The zero-order valence-electron chi connectivity index (χ0n) is 18.2. The summed E-state index contributed by atoms with van der Waals surface area (Å²) in [5.74, 6) is 0.540. The average molecular weight is 461 g/mol. The van der Waals surface area contributed by atoms with E-state index in [0.717, 1.165) is 29.7 Å². The van der Waals surface area contributed by atoms with Crippen molar-refractivity contribution in [2.45, 2.75) is 19.6 Å². The molecule has 1 heterocycles. The molecule has 0 atom stereocenters. The Balaban J connectivity index is 0.00000259. The Hall–Kier alpha value is -3.34. The Morgan fingerprint density at radius 1 is 0.788 bits per heavy atom. The van der Waals surface area contributed by atoms with E-state index in [1.807, 2.05) is 30.3 Å². The zero-order chi connectivity index (χ0) is 21.8. The standard InChI is InChI=1S/C28H25FN2O.ClH/c29-26-11-5-2-8-22(26)19-32-28-14-13-20-7-1-3-9-23(20)25(28)18-30-16-15-21-17-31-27-12-6-4-10-24(21)27;/h1-14,17,30-31H,15-16,18-19H2;1H. The maximum absolute atomic E-state index is 14.0. The summed E-state index contributed by atoms with van der Waals surface area (Å²) in [4.78, 5) is 3.34. The molecule has 0 spiro atoms. The predicted octanol–water partition coefficient (Wildman–Crippen LogP) is 6.79. The molecular weight excluding hydrogens is 435 g/mol. The first-order valence-corrected chi connectivity index (χ1v) is 10.9. The van der Waals surface area contributed by atoms with Gasteiger partial charge < -0.3 is 15.0 Å². The predicted molar refractivity (Wildman–Crippen MR) is 136 cm³/mol. The second kappa shape index (κ2) is 10.5. The molecule has 5 heteroatoms. The highest BCUT2D eigenvalue weighted by molar-refractivity contribution is 5.88. The van der Waals surface area contributed by atoms with Crippen LogP contribution in [0.2, 0.25) is 0 Å². The normalized spacial score (nSPS) is 10.9. The lowest BCUT2D eigenvalue weighted by Gasteiger charge is -2.15. The lowest BCUT2D eigenvalue weighted by Crippen LogP contribution is -2.17. The van der Waals surface area contributed by atoms with Crippen molar-refractivity contribution in [3.05, 3.63) is 114 Å². The molecule has 0 saturated carbocycles. The van der Waals surface area contributed by atoms with Gasteiger partial charge in [-0.3, -0.25) is 0 Å². The number of hydrogen-bond acceptors (Lipinski definition) is 2. The molecule has 0 bridgehead atoms. The van der Waals surface area contributed by atoms with Crippen LogP contribution in [0.3, 0.4) is 0 Å². The molecule has 5 aromatic rings. The molecule has 33 heavy (non-hydrogen) atoms. The molecule has 5 rings (SSSR count). The van der Waals surface area contributed by atoms with Crippen molar-refractivity contribution in [3.8, 4) is 5.75 Å². The quantitative estimate of drug-likeness (QED) is 0.250. The van der Waals surface area contributed by atoms with Crippen molar-refractivity contribution in [3.63, 3.8) is 0 Å². The zero-order valence-corrected chi connectivity index (χ0v) is 19.0. The van der Waals surface area contributed by atoms with Crippen LogP contribution >= 0.6 is 12.4 Å². The molecular formula is C28H26ClFN2O. The van der Waals surface area contributed by atoms with Crippen LogP contribution < -0.4 is 10.1 Å². The van der Waals surface area contributed by atoms with Crippen molar-refractivity contribution in [1.29, 1.82) is 0 Å². The first-order valence-electron chi connectivity index (χ1n) is 10.9. The smallest absolute Gasteiger partial charge is 0.129 e. The van der Waals surface area contributed by atoms with Crippen molar-refractivity contribution in [1.82, 2.24) is 10.3 Å². The van der Waals surface area contributed by atoms with Gasteiger partial charge in [0.05, 0.1) is 0 Å². The molecule has 0 aliphatic carbocycles. The second-order valence-corrected chi connectivity index (χ2v) is 7.93. The first-order chi connectivity index (χ1) is 15.8. The molecule has 1 aromatic heterocycles. The summed E-state index contributed by atoms with van der Waals surface area (Å²) in [5.41, 5.74) is 4.12. The molecule has 168 valence electrons. The van der Waals surface area contributed by atoms with Crippen molar-refractivity contribution >= 4 is 34.1 Å². The molecule has 0 unspecified atom stereocenters. The molecule has 3 nitrogen and oxygen atoms in total. The van der Waals surface area contributed by atoms with Gasteiger partial charge in [-0.1, -0.05) is 66.7 Å². The van der Waals surface area contributed by atoms with Gasteiger partial charge in [0.15, 0.2) is 0 Å². The fourth-order valence-electron chi connectivity index (χ4n) is 4.18. The Morgan fingerprint density at radius 2 is 1.55 bits per heavy atom. The van der Waals surface area contributed by atoms with Crippen molar-refractivity contribution in [2.24, 2.45) is 0 Å². The maximum atomic E-state index is 14.0. The van der Waals surface area contributed by atoms with Crippen LogP contribution in [-0.2, 0) is 19.6 Å². The third-order valence-electron chi connectivity index (χ3n) is 5.89. The van der Waals surface area contributed by atoms with Crippen LogP contribution in [0.1, 0.15) is 16.7 Å². The van der Waals surface area contributed by atoms with E-state index < -0.39 is 0 Å². The summed E-state index contributed by atoms with van der Waals surface area (Å²) < 4.78 is 20.1. The van der Waals surface area contributed by atoms with Gasteiger partial charge in [0.25, 0.3) is 0 Å². The van der Waals surface area contributed by atoms with Crippen LogP contribution in [0.15, 0.2) is 91.1 Å². The first kappa shape index (κ1) is 22.8. The Kier molecular flexibility index (Phi) is 7.28. The Bertz CT molecular complexity index is 1360. The molecule has 0 fully saturated rings. The van der Waals surface area contributed by atoms with Crippen LogP contribution in [0.25, 0.3) is 21.7 Å². The van der Waals surface area contributed by atoms with E-state index in [2.05, 4.69) is 52.9 Å². The van der Waals surface area contributed by atoms with Gasteiger partial charge in [0, 0.05) is 34.8 Å². The molecule has 0 aliphatic rings. The molecule has 0 saturated heterocycles. The number of aromatic amines is 1. The number of benzene rings is 4. The number of para-hydroxylation sites is 1. The minimum atomic E-state index is -0.244. The Labute approximate surface area is 199 Å². The monoisotopic (exact) mass is 460 g/mol. The van der Waals surface area contributed by atoms with Crippen molar-refractivity contribution < 1.29 is 9.13 Å². The molecule has 2 N–H and O–H groups in total. The van der Waals surface area contributed by atoms with E-state index in [1.165, 1.54) is 27.9 Å². The minimum absolute atomic E-state index is 0. The highest BCUT2D eigenvalue weighted by Gasteiger charge is 2.11. The summed E-state index contributed by atoms with van der Waals surface area (Å²) in [6, 6.07) is 27.5. The summed E-state index contributed by atoms with van der Waals surface area (Å²) in [5, 5.41) is 7.17. The second-order valence-electron chi connectivity index (χ2n) is 7.93. The summed E-state index contributed by atoms with van der Waals surface area (Å²) >= 11 is 0. The van der Waals surface area contributed by atoms with Gasteiger partial charge in [0.2, 0.25) is 0 Å². The molecule has 0 radical (unpaired) electrons. The topological polar surface area (TPSA) is 37.0 Å². The van der Waals surface area contributed by atoms with Crippen LogP contribution in [0, 0.1) is 5.82 Å².